The fourth-order valence-electron chi connectivity index (χ4n) is 4.20. The Balaban J connectivity index is 1.38. The molecule has 1 atom stereocenters. The molecule has 2 aromatic rings. The van der Waals surface area contributed by atoms with Crippen LogP contribution in [-0.2, 0) is 19.9 Å². The van der Waals surface area contributed by atoms with Gasteiger partial charge in [0.15, 0.2) is 9.84 Å². The van der Waals surface area contributed by atoms with E-state index in [0.29, 0.717) is 43.9 Å². The van der Waals surface area contributed by atoms with Gasteiger partial charge in [-0.1, -0.05) is 18.2 Å². The highest BCUT2D eigenvalue weighted by atomic mass is 32.2. The summed E-state index contributed by atoms with van der Waals surface area (Å²) in [6.07, 6.45) is 0.656. The van der Waals surface area contributed by atoms with Gasteiger partial charge in [-0.05, 0) is 49.2 Å². The molecular weight excluding hydrogens is 450 g/mol. The van der Waals surface area contributed by atoms with E-state index in [1.165, 1.54) is 24.3 Å². The van der Waals surface area contributed by atoms with Gasteiger partial charge in [0.1, 0.15) is 0 Å². The first kappa shape index (κ1) is 22.8. The number of aryl methyl sites for hydroxylation is 1. The molecule has 0 bridgehead atoms. The van der Waals surface area contributed by atoms with Gasteiger partial charge in [-0.2, -0.15) is 0 Å². The predicted molar refractivity (Wildman–Crippen MR) is 123 cm³/mol. The number of piperazine rings is 1. The molecule has 8 nitrogen and oxygen atoms in total. The average Bonchev–Trinajstić information content (AvgIpc) is 3.14. The maximum Gasteiger partial charge on any atom is 0.261 e. The lowest BCUT2D eigenvalue weighted by molar-refractivity contribution is 0.0587. The molecule has 0 aromatic heterocycles. The van der Waals surface area contributed by atoms with Crippen molar-refractivity contribution in [3.05, 3.63) is 59.7 Å². The maximum atomic E-state index is 12.9. The van der Waals surface area contributed by atoms with Crippen LogP contribution in [0.1, 0.15) is 22.3 Å². The number of sulfonamides is 1. The van der Waals surface area contributed by atoms with Crippen molar-refractivity contribution in [1.82, 2.24) is 9.80 Å². The van der Waals surface area contributed by atoms with E-state index >= 15 is 0 Å². The van der Waals surface area contributed by atoms with Crippen molar-refractivity contribution in [1.29, 1.82) is 0 Å². The van der Waals surface area contributed by atoms with E-state index in [0.717, 1.165) is 5.56 Å². The Morgan fingerprint density at radius 3 is 2.25 bits per heavy atom. The molecule has 2 heterocycles. The van der Waals surface area contributed by atoms with Gasteiger partial charge >= 0.3 is 0 Å². The van der Waals surface area contributed by atoms with Crippen molar-refractivity contribution < 1.29 is 21.6 Å². The van der Waals surface area contributed by atoms with Crippen LogP contribution >= 0.6 is 0 Å². The number of amides is 1. The molecule has 2 aliphatic rings. The second-order valence-electron chi connectivity index (χ2n) is 8.33. The summed E-state index contributed by atoms with van der Waals surface area (Å²) in [4.78, 5) is 16.8. The van der Waals surface area contributed by atoms with Crippen LogP contribution < -0.4 is 4.72 Å². The normalized spacial score (nSPS) is 21.4. The number of carbonyl (C=O) groups excluding carboxylic acids is 1. The number of hydrogen-bond acceptors (Lipinski definition) is 6. The average molecular weight is 478 g/mol. The van der Waals surface area contributed by atoms with Crippen LogP contribution in [0.4, 0.5) is 5.69 Å². The molecule has 32 heavy (non-hydrogen) atoms. The van der Waals surface area contributed by atoms with Gasteiger partial charge in [-0.15, -0.1) is 0 Å². The molecule has 1 amide bonds. The summed E-state index contributed by atoms with van der Waals surface area (Å²) in [5.41, 5.74) is 1.76. The molecule has 0 radical (unpaired) electrons. The Morgan fingerprint density at radius 1 is 1.00 bits per heavy atom. The van der Waals surface area contributed by atoms with Crippen LogP contribution in [0.3, 0.4) is 0 Å². The van der Waals surface area contributed by atoms with Gasteiger partial charge in [0.2, 0.25) is 0 Å². The van der Waals surface area contributed by atoms with E-state index in [-0.39, 0.29) is 28.4 Å². The van der Waals surface area contributed by atoms with Crippen LogP contribution in [0.2, 0.25) is 0 Å². The molecule has 0 saturated carbocycles. The second-order valence-corrected chi connectivity index (χ2v) is 12.2. The lowest BCUT2D eigenvalue weighted by atomic mass is 10.1. The summed E-state index contributed by atoms with van der Waals surface area (Å²) < 4.78 is 51.4. The molecule has 2 aromatic carbocycles. The third-order valence-electron chi connectivity index (χ3n) is 6.13. The highest BCUT2D eigenvalue weighted by Gasteiger charge is 2.34. The van der Waals surface area contributed by atoms with Crippen molar-refractivity contribution in [2.75, 3.05) is 42.4 Å². The molecule has 1 N–H and O–H groups in total. The Labute approximate surface area is 189 Å². The van der Waals surface area contributed by atoms with E-state index in [4.69, 9.17) is 0 Å². The third kappa shape index (κ3) is 4.97. The third-order valence-corrected chi connectivity index (χ3v) is 9.26. The molecule has 10 heteroatoms. The number of carbonyl (C=O) groups is 1. The monoisotopic (exact) mass is 477 g/mol. The van der Waals surface area contributed by atoms with E-state index < -0.39 is 19.9 Å². The number of nitrogens with one attached hydrogen (secondary N) is 1. The number of anilines is 1. The lowest BCUT2D eigenvalue weighted by Crippen LogP contribution is -2.52. The quantitative estimate of drug-likeness (QED) is 0.704. The van der Waals surface area contributed by atoms with Crippen LogP contribution in [0.25, 0.3) is 0 Å². The first-order valence-electron chi connectivity index (χ1n) is 10.6. The largest absolute Gasteiger partial charge is 0.336 e. The standard InChI is InChI=1S/C22H27N3O5S2/c1-17-4-2-3-5-21(17)23-32(29,30)20-8-6-18(7-9-20)22(26)25-13-11-24(12-14-25)19-10-15-31(27,28)16-19/h2-9,19,23H,10-16H2,1H3/t19-/m1/s1. The molecular formula is C22H27N3O5S2. The van der Waals surface area contributed by atoms with Gasteiger partial charge in [-0.25, -0.2) is 16.8 Å². The van der Waals surface area contributed by atoms with Crippen molar-refractivity contribution in [2.24, 2.45) is 0 Å². The molecule has 2 aliphatic heterocycles. The number of benzene rings is 2. The molecule has 2 saturated heterocycles. The Kier molecular flexibility index (Phi) is 6.28. The molecule has 0 spiro atoms. The number of nitrogens with zero attached hydrogens (tertiary/aromatic N) is 2. The van der Waals surface area contributed by atoms with Crippen molar-refractivity contribution in [3.63, 3.8) is 0 Å². The van der Waals surface area contributed by atoms with Gasteiger partial charge in [0.05, 0.1) is 22.1 Å². The van der Waals surface area contributed by atoms with Gasteiger partial charge in [-0.3, -0.25) is 14.4 Å². The van der Waals surface area contributed by atoms with Crippen LogP contribution in [-0.4, -0.2) is 76.3 Å². The summed E-state index contributed by atoms with van der Waals surface area (Å²) in [6.45, 7) is 4.14. The van der Waals surface area contributed by atoms with Gasteiger partial charge < -0.3 is 4.90 Å². The minimum absolute atomic E-state index is 0.0440. The molecule has 4 rings (SSSR count). The lowest BCUT2D eigenvalue weighted by Gasteiger charge is -2.37. The number of sulfone groups is 1. The molecule has 0 aliphatic carbocycles. The summed E-state index contributed by atoms with van der Waals surface area (Å²) in [5.74, 6) is 0.289. The Hall–Kier alpha value is -2.43. The van der Waals surface area contributed by atoms with E-state index in [2.05, 4.69) is 9.62 Å². The van der Waals surface area contributed by atoms with E-state index in [1.54, 1.807) is 17.0 Å². The first-order valence-corrected chi connectivity index (χ1v) is 13.9. The second kappa shape index (κ2) is 8.84. The summed E-state index contributed by atoms with van der Waals surface area (Å²) in [6, 6.07) is 13.1. The zero-order valence-electron chi connectivity index (χ0n) is 17.9. The van der Waals surface area contributed by atoms with Gasteiger partial charge in [0.25, 0.3) is 15.9 Å². The zero-order chi connectivity index (χ0) is 22.9. The van der Waals surface area contributed by atoms with Crippen molar-refractivity contribution >= 4 is 31.5 Å². The van der Waals surface area contributed by atoms with Crippen molar-refractivity contribution in [2.45, 2.75) is 24.3 Å². The maximum absolute atomic E-state index is 12.9. The fraction of sp³-hybridized carbons (Fsp3) is 0.409. The van der Waals surface area contributed by atoms with Crippen molar-refractivity contribution in [3.8, 4) is 0 Å². The Bertz CT molecular complexity index is 1200. The first-order chi connectivity index (χ1) is 15.1. The predicted octanol–water partition coefficient (Wildman–Crippen LogP) is 1.74. The highest BCUT2D eigenvalue weighted by Crippen LogP contribution is 2.22. The summed E-state index contributed by atoms with van der Waals surface area (Å²) >= 11 is 0. The highest BCUT2D eigenvalue weighted by molar-refractivity contribution is 7.92. The topological polar surface area (TPSA) is 104 Å². The molecule has 0 unspecified atom stereocenters. The van der Waals surface area contributed by atoms with Crippen LogP contribution in [0, 0.1) is 6.92 Å². The smallest absolute Gasteiger partial charge is 0.261 e. The minimum atomic E-state index is -3.76. The van der Waals surface area contributed by atoms with Crippen LogP contribution in [0.5, 0.6) is 0 Å². The van der Waals surface area contributed by atoms with E-state index in [1.807, 2.05) is 19.1 Å². The van der Waals surface area contributed by atoms with E-state index in [9.17, 15) is 21.6 Å². The fourth-order valence-corrected chi connectivity index (χ4v) is 7.10. The van der Waals surface area contributed by atoms with Crippen LogP contribution in [0.15, 0.2) is 53.4 Å². The zero-order valence-corrected chi connectivity index (χ0v) is 19.5. The summed E-state index contributed by atoms with van der Waals surface area (Å²) in [7, 11) is -6.69. The van der Waals surface area contributed by atoms with Gasteiger partial charge in [0, 0.05) is 37.8 Å². The summed E-state index contributed by atoms with van der Waals surface area (Å²) in [5, 5.41) is 0. The number of rotatable bonds is 5. The molecule has 172 valence electrons. The molecule has 2 fully saturated rings. The Morgan fingerprint density at radius 2 is 1.66 bits per heavy atom. The number of para-hydroxylation sites is 1. The minimum Gasteiger partial charge on any atom is -0.336 e. The SMILES string of the molecule is Cc1ccccc1NS(=O)(=O)c1ccc(C(=O)N2CCN([C@@H]3CCS(=O)(=O)C3)CC2)cc1. The number of hydrogen-bond donors (Lipinski definition) is 1.